The van der Waals surface area contributed by atoms with Gasteiger partial charge in [-0.25, -0.2) is 0 Å². The molecule has 0 radical (unpaired) electrons. The topological polar surface area (TPSA) is 0 Å². The Balaban J connectivity index is 2.03. The number of hydrogen-bond acceptors (Lipinski definition) is 0. The van der Waals surface area contributed by atoms with Gasteiger partial charge in [-0.1, -0.05) is 33.8 Å². The summed E-state index contributed by atoms with van der Waals surface area (Å²) in [6.45, 7) is 13.5. The molecule has 0 aromatic rings. The number of allylic oxidation sites excluding steroid dienone is 1. The average molecular weight is 178 g/mol. The van der Waals surface area contributed by atoms with E-state index >= 15 is 0 Å². The zero-order valence-electron chi connectivity index (χ0n) is 9.38. The number of fused-ring (bicyclic) bond motifs is 1. The lowest BCUT2D eigenvalue weighted by Crippen LogP contribution is -2.32. The quantitative estimate of drug-likeness (QED) is 0.565. The summed E-state index contributed by atoms with van der Waals surface area (Å²) in [5, 5.41) is 0. The minimum atomic E-state index is 0.416. The smallest absolute Gasteiger partial charge is 0.0156 e. The summed E-state index contributed by atoms with van der Waals surface area (Å²) in [6, 6.07) is 0. The first-order valence-corrected chi connectivity index (χ1v) is 5.59. The molecule has 0 aliphatic heterocycles. The van der Waals surface area contributed by atoms with E-state index in [4.69, 9.17) is 0 Å². The first-order valence-electron chi connectivity index (χ1n) is 5.59. The highest BCUT2D eigenvalue weighted by molar-refractivity contribution is 5.13. The van der Waals surface area contributed by atoms with Crippen LogP contribution in [0.3, 0.4) is 0 Å². The molecule has 0 saturated heterocycles. The van der Waals surface area contributed by atoms with Gasteiger partial charge in [0.2, 0.25) is 0 Å². The predicted molar refractivity (Wildman–Crippen MR) is 57.4 cm³/mol. The van der Waals surface area contributed by atoms with Crippen LogP contribution in [0.5, 0.6) is 0 Å². The van der Waals surface area contributed by atoms with Crippen LogP contribution in [0, 0.1) is 35.0 Å². The summed E-state index contributed by atoms with van der Waals surface area (Å²) >= 11 is 0. The molecule has 2 rings (SSSR count). The largest absolute Gasteiger partial charge is 0.103 e. The average Bonchev–Trinajstić information content (AvgIpc) is 2.43. The van der Waals surface area contributed by atoms with Crippen molar-refractivity contribution in [3.63, 3.8) is 0 Å². The molecule has 0 nitrogen and oxygen atoms in total. The SMILES string of the molecule is C=CC(C1CC2C(C)C21)C(C)(C)C. The van der Waals surface area contributed by atoms with Crippen LogP contribution in [0.4, 0.5) is 0 Å². The Kier molecular flexibility index (Phi) is 1.87. The van der Waals surface area contributed by atoms with Gasteiger partial charge in [0, 0.05) is 0 Å². The third kappa shape index (κ3) is 1.26. The Bertz CT molecular complexity index is 217. The molecule has 0 N–H and O–H groups in total. The Morgan fingerprint density at radius 3 is 2.23 bits per heavy atom. The van der Waals surface area contributed by atoms with Crippen molar-refractivity contribution in [3.05, 3.63) is 12.7 Å². The Labute approximate surface area is 82.4 Å². The van der Waals surface area contributed by atoms with Crippen molar-refractivity contribution in [3.8, 4) is 0 Å². The Morgan fingerprint density at radius 1 is 1.38 bits per heavy atom. The zero-order chi connectivity index (χ0) is 9.80. The summed E-state index contributed by atoms with van der Waals surface area (Å²) in [6.07, 6.45) is 3.67. The van der Waals surface area contributed by atoms with E-state index in [1.54, 1.807) is 0 Å². The van der Waals surface area contributed by atoms with E-state index in [0.29, 0.717) is 5.41 Å². The van der Waals surface area contributed by atoms with Crippen LogP contribution in [0.15, 0.2) is 12.7 Å². The molecular weight excluding hydrogens is 156 g/mol. The first-order chi connectivity index (χ1) is 5.96. The van der Waals surface area contributed by atoms with Crippen molar-refractivity contribution in [2.45, 2.75) is 34.1 Å². The lowest BCUT2D eigenvalue weighted by molar-refractivity contribution is 0.124. The van der Waals surface area contributed by atoms with E-state index in [1.165, 1.54) is 6.42 Å². The standard InChI is InChI=1S/C13H22/c1-6-11(13(3,4)5)10-7-9-8(2)12(9)10/h6,8-12H,1,7H2,2-5H3. The highest BCUT2D eigenvalue weighted by Crippen LogP contribution is 2.68. The summed E-state index contributed by atoms with van der Waals surface area (Å²) in [7, 11) is 0. The second kappa shape index (κ2) is 2.62. The van der Waals surface area contributed by atoms with Gasteiger partial charge in [-0.3, -0.25) is 0 Å². The third-order valence-electron chi connectivity index (χ3n) is 4.39. The predicted octanol–water partition coefficient (Wildman–Crippen LogP) is 3.74. The van der Waals surface area contributed by atoms with E-state index in [9.17, 15) is 0 Å². The maximum absolute atomic E-state index is 4.01. The van der Waals surface area contributed by atoms with Gasteiger partial charge in [0.15, 0.2) is 0 Å². The van der Waals surface area contributed by atoms with E-state index < -0.39 is 0 Å². The molecule has 2 aliphatic carbocycles. The van der Waals surface area contributed by atoms with Gasteiger partial charge in [0.1, 0.15) is 0 Å². The normalized spacial score (nSPS) is 44.6. The number of hydrogen-bond donors (Lipinski definition) is 0. The highest BCUT2D eigenvalue weighted by atomic mass is 14.7. The fourth-order valence-corrected chi connectivity index (χ4v) is 3.49. The van der Waals surface area contributed by atoms with Crippen molar-refractivity contribution in [2.75, 3.05) is 0 Å². The molecule has 13 heavy (non-hydrogen) atoms. The fourth-order valence-electron chi connectivity index (χ4n) is 3.49. The lowest BCUT2D eigenvalue weighted by atomic mass is 9.65. The second-order valence-electron chi connectivity index (χ2n) is 6.13. The van der Waals surface area contributed by atoms with Crippen molar-refractivity contribution < 1.29 is 0 Å². The molecule has 2 fully saturated rings. The third-order valence-corrected chi connectivity index (χ3v) is 4.39. The molecule has 5 atom stereocenters. The van der Waals surface area contributed by atoms with E-state index in [2.05, 4.69) is 40.3 Å². The van der Waals surface area contributed by atoms with Crippen LogP contribution in [0.1, 0.15) is 34.1 Å². The summed E-state index contributed by atoms with van der Waals surface area (Å²) in [5.41, 5.74) is 0.416. The molecule has 0 aromatic carbocycles. The maximum atomic E-state index is 4.01. The molecule has 5 unspecified atom stereocenters. The van der Waals surface area contributed by atoms with Crippen LogP contribution >= 0.6 is 0 Å². The monoisotopic (exact) mass is 178 g/mol. The van der Waals surface area contributed by atoms with Crippen molar-refractivity contribution in [1.82, 2.24) is 0 Å². The Morgan fingerprint density at radius 2 is 2.00 bits per heavy atom. The van der Waals surface area contributed by atoms with E-state index in [1.807, 2.05) is 0 Å². The van der Waals surface area contributed by atoms with Crippen LogP contribution in [0.25, 0.3) is 0 Å². The first kappa shape index (κ1) is 9.30. The van der Waals surface area contributed by atoms with Gasteiger partial charge in [-0.15, -0.1) is 6.58 Å². The molecular formula is C13H22. The fraction of sp³-hybridized carbons (Fsp3) is 0.846. The minimum Gasteiger partial charge on any atom is -0.103 e. The Hall–Kier alpha value is -0.260. The molecule has 74 valence electrons. The van der Waals surface area contributed by atoms with Gasteiger partial charge in [-0.05, 0) is 41.4 Å². The minimum absolute atomic E-state index is 0.416. The van der Waals surface area contributed by atoms with Crippen LogP contribution < -0.4 is 0 Å². The highest BCUT2D eigenvalue weighted by Gasteiger charge is 2.62. The molecule has 0 bridgehead atoms. The van der Waals surface area contributed by atoms with Crippen molar-refractivity contribution in [1.29, 1.82) is 0 Å². The molecule has 2 saturated carbocycles. The lowest BCUT2D eigenvalue weighted by Gasteiger charge is -2.39. The van der Waals surface area contributed by atoms with Gasteiger partial charge >= 0.3 is 0 Å². The van der Waals surface area contributed by atoms with E-state index in [-0.39, 0.29) is 0 Å². The van der Waals surface area contributed by atoms with E-state index in [0.717, 1.165) is 29.6 Å². The summed E-state index contributed by atoms with van der Waals surface area (Å²) in [4.78, 5) is 0. The van der Waals surface area contributed by atoms with Crippen LogP contribution in [0.2, 0.25) is 0 Å². The van der Waals surface area contributed by atoms with Crippen LogP contribution in [-0.2, 0) is 0 Å². The second-order valence-corrected chi connectivity index (χ2v) is 6.13. The maximum Gasteiger partial charge on any atom is -0.0156 e. The molecule has 0 spiro atoms. The molecule has 0 heteroatoms. The summed E-state index contributed by atoms with van der Waals surface area (Å²) < 4.78 is 0. The summed E-state index contributed by atoms with van der Waals surface area (Å²) in [5.74, 6) is 4.86. The number of rotatable bonds is 2. The van der Waals surface area contributed by atoms with Crippen molar-refractivity contribution in [2.24, 2.45) is 35.0 Å². The molecule has 0 amide bonds. The molecule has 0 aromatic heterocycles. The van der Waals surface area contributed by atoms with Gasteiger partial charge < -0.3 is 0 Å². The van der Waals surface area contributed by atoms with Gasteiger partial charge in [0.25, 0.3) is 0 Å². The van der Waals surface area contributed by atoms with Gasteiger partial charge in [-0.2, -0.15) is 0 Å². The van der Waals surface area contributed by atoms with Crippen LogP contribution in [-0.4, -0.2) is 0 Å². The molecule has 2 aliphatic rings. The molecule has 0 heterocycles. The zero-order valence-corrected chi connectivity index (χ0v) is 9.38. The van der Waals surface area contributed by atoms with Gasteiger partial charge in [0.05, 0.1) is 0 Å². The van der Waals surface area contributed by atoms with Crippen molar-refractivity contribution >= 4 is 0 Å².